The lowest BCUT2D eigenvalue weighted by Gasteiger charge is -2.35. The lowest BCUT2D eigenvalue weighted by molar-refractivity contribution is -0.0721. The Balaban J connectivity index is 0.00000243. The Hall–Kier alpha value is -0.800. The molecule has 2 aliphatic heterocycles. The van der Waals surface area contributed by atoms with Crippen LogP contribution in [0.3, 0.4) is 0 Å². The number of hydrogen-bond donors (Lipinski definition) is 1. The smallest absolute Gasteiger partial charge is 0.193 e. The molecule has 0 aliphatic carbocycles. The van der Waals surface area contributed by atoms with E-state index in [-0.39, 0.29) is 24.0 Å². The van der Waals surface area contributed by atoms with Crippen molar-refractivity contribution in [3.63, 3.8) is 0 Å². The van der Waals surface area contributed by atoms with Crippen LogP contribution in [0.5, 0.6) is 0 Å². The first-order chi connectivity index (χ1) is 12.2. The maximum atomic E-state index is 6.10. The highest BCUT2D eigenvalue weighted by Gasteiger charge is 2.23. The van der Waals surface area contributed by atoms with Crippen LogP contribution in [0.4, 0.5) is 0 Å². The fraction of sp³-hybridized carbons (Fsp3) is 0.737. The van der Waals surface area contributed by atoms with Gasteiger partial charge < -0.3 is 24.3 Å². The molecule has 7 heteroatoms. The minimum absolute atomic E-state index is 0. The number of halogens is 1. The van der Waals surface area contributed by atoms with Crippen molar-refractivity contribution < 1.29 is 9.47 Å². The van der Waals surface area contributed by atoms with Gasteiger partial charge in [0.1, 0.15) is 0 Å². The molecule has 2 fully saturated rings. The van der Waals surface area contributed by atoms with Crippen LogP contribution in [0.15, 0.2) is 23.5 Å². The summed E-state index contributed by atoms with van der Waals surface area (Å²) in [5.41, 5.74) is 1.27. The number of likely N-dealkylation sites (tertiary alicyclic amines) is 1. The number of aryl methyl sites for hydroxylation is 1. The van der Waals surface area contributed by atoms with E-state index >= 15 is 0 Å². The zero-order valence-corrected chi connectivity index (χ0v) is 18.4. The molecule has 3 rings (SSSR count). The van der Waals surface area contributed by atoms with Gasteiger partial charge in [-0.05, 0) is 43.7 Å². The molecule has 0 spiro atoms. The van der Waals surface area contributed by atoms with E-state index < -0.39 is 0 Å². The molecular formula is C19H33IN4O2. The van der Waals surface area contributed by atoms with E-state index in [2.05, 4.69) is 38.2 Å². The van der Waals surface area contributed by atoms with Crippen LogP contribution in [-0.2, 0) is 23.1 Å². The third kappa shape index (κ3) is 6.42. The van der Waals surface area contributed by atoms with Crippen molar-refractivity contribution in [2.45, 2.75) is 50.9 Å². The number of guanidine groups is 1. The van der Waals surface area contributed by atoms with Crippen molar-refractivity contribution in [3.05, 3.63) is 24.0 Å². The molecule has 2 saturated heterocycles. The number of nitrogens with one attached hydrogen (secondary N) is 1. The van der Waals surface area contributed by atoms with Crippen molar-refractivity contribution in [1.82, 2.24) is 14.8 Å². The van der Waals surface area contributed by atoms with Gasteiger partial charge in [0.2, 0.25) is 0 Å². The summed E-state index contributed by atoms with van der Waals surface area (Å²) in [4.78, 5) is 6.78. The van der Waals surface area contributed by atoms with Gasteiger partial charge in [-0.1, -0.05) is 0 Å². The van der Waals surface area contributed by atoms with Gasteiger partial charge >= 0.3 is 0 Å². The summed E-state index contributed by atoms with van der Waals surface area (Å²) in [5.74, 6) is 0.984. The Morgan fingerprint density at radius 3 is 2.73 bits per heavy atom. The molecule has 3 heterocycles. The monoisotopic (exact) mass is 476 g/mol. The molecule has 0 bridgehead atoms. The van der Waals surface area contributed by atoms with Gasteiger partial charge in [-0.25, -0.2) is 0 Å². The summed E-state index contributed by atoms with van der Waals surface area (Å²) < 4.78 is 13.9. The summed E-state index contributed by atoms with van der Waals surface area (Å²) in [6, 6.07) is 2.13. The predicted molar refractivity (Wildman–Crippen MR) is 115 cm³/mol. The summed E-state index contributed by atoms with van der Waals surface area (Å²) in [6.07, 6.45) is 10.6. The molecule has 6 nitrogen and oxygen atoms in total. The molecule has 1 N–H and O–H groups in total. The zero-order chi connectivity index (χ0) is 17.5. The van der Waals surface area contributed by atoms with Gasteiger partial charge in [0.05, 0.1) is 18.8 Å². The average molecular weight is 476 g/mol. The summed E-state index contributed by atoms with van der Waals surface area (Å²) >= 11 is 0. The van der Waals surface area contributed by atoms with Gasteiger partial charge in [-0.15, -0.1) is 24.0 Å². The van der Waals surface area contributed by atoms with Crippen molar-refractivity contribution in [2.75, 3.05) is 33.4 Å². The van der Waals surface area contributed by atoms with E-state index in [1.807, 2.05) is 14.1 Å². The van der Waals surface area contributed by atoms with Crippen LogP contribution in [0.25, 0.3) is 0 Å². The Labute approximate surface area is 174 Å². The fourth-order valence-corrected chi connectivity index (χ4v) is 3.60. The quantitative estimate of drug-likeness (QED) is 0.404. The number of rotatable bonds is 5. The minimum atomic E-state index is 0. The van der Waals surface area contributed by atoms with E-state index in [1.165, 1.54) is 18.4 Å². The molecule has 0 aromatic carbocycles. The van der Waals surface area contributed by atoms with Crippen LogP contribution in [0.2, 0.25) is 0 Å². The van der Waals surface area contributed by atoms with E-state index in [4.69, 9.17) is 9.47 Å². The molecular weight excluding hydrogens is 443 g/mol. The van der Waals surface area contributed by atoms with Crippen molar-refractivity contribution in [1.29, 1.82) is 0 Å². The maximum Gasteiger partial charge on any atom is 0.193 e. The van der Waals surface area contributed by atoms with E-state index in [1.54, 1.807) is 0 Å². The Bertz CT molecular complexity index is 549. The fourth-order valence-electron chi connectivity index (χ4n) is 3.60. The standard InChI is InChI=1S/C19H32N4O2.HI/c1-20-19(21-13-16-6-9-22(2)14-16)23-10-7-17(8-11-23)25-15-18-5-3-4-12-24-18;/h6,9,14,17-18H,3-5,7-8,10-13,15H2,1-2H3,(H,20,21);1H. The summed E-state index contributed by atoms with van der Waals surface area (Å²) in [6.45, 7) is 4.44. The second-order valence-corrected chi connectivity index (χ2v) is 7.09. The number of nitrogens with zero attached hydrogens (tertiary/aromatic N) is 3. The van der Waals surface area contributed by atoms with E-state index in [0.29, 0.717) is 12.2 Å². The summed E-state index contributed by atoms with van der Waals surface area (Å²) in [5, 5.41) is 3.47. The predicted octanol–water partition coefficient (Wildman–Crippen LogP) is 2.77. The van der Waals surface area contributed by atoms with Gasteiger partial charge in [0, 0.05) is 52.7 Å². The third-order valence-corrected chi connectivity index (χ3v) is 5.09. The highest BCUT2D eigenvalue weighted by Crippen LogP contribution is 2.18. The Morgan fingerprint density at radius 2 is 2.12 bits per heavy atom. The van der Waals surface area contributed by atoms with E-state index in [9.17, 15) is 0 Å². The molecule has 0 radical (unpaired) electrons. The van der Waals surface area contributed by atoms with Crippen molar-refractivity contribution in [3.8, 4) is 0 Å². The van der Waals surface area contributed by atoms with Gasteiger partial charge in [-0.3, -0.25) is 4.99 Å². The molecule has 1 unspecified atom stereocenters. The number of aromatic nitrogens is 1. The molecule has 2 aliphatic rings. The van der Waals surface area contributed by atoms with Gasteiger partial charge in [0.15, 0.2) is 5.96 Å². The van der Waals surface area contributed by atoms with Crippen molar-refractivity contribution in [2.24, 2.45) is 12.0 Å². The molecule has 148 valence electrons. The lowest BCUT2D eigenvalue weighted by Crippen LogP contribution is -2.47. The van der Waals surface area contributed by atoms with Crippen molar-refractivity contribution >= 4 is 29.9 Å². The average Bonchev–Trinajstić information content (AvgIpc) is 3.07. The summed E-state index contributed by atoms with van der Waals surface area (Å²) in [7, 11) is 3.90. The first kappa shape index (κ1) is 21.5. The minimum Gasteiger partial charge on any atom is -0.376 e. The number of ether oxygens (including phenoxy) is 2. The SMILES string of the molecule is CN=C(NCc1ccn(C)c1)N1CCC(OCC2CCCCO2)CC1.I. The second kappa shape index (κ2) is 11.1. The topological polar surface area (TPSA) is 51.0 Å². The molecule has 1 atom stereocenters. The zero-order valence-electron chi connectivity index (χ0n) is 16.0. The normalized spacial score (nSPS) is 22.2. The first-order valence-electron chi connectivity index (χ1n) is 9.54. The molecule has 1 aromatic heterocycles. The van der Waals surface area contributed by atoms with E-state index in [0.717, 1.165) is 58.1 Å². The highest BCUT2D eigenvalue weighted by atomic mass is 127. The second-order valence-electron chi connectivity index (χ2n) is 7.09. The largest absolute Gasteiger partial charge is 0.376 e. The van der Waals surface area contributed by atoms with Crippen LogP contribution in [0.1, 0.15) is 37.7 Å². The molecule has 1 aromatic rings. The molecule has 0 saturated carbocycles. The van der Waals surface area contributed by atoms with Gasteiger partial charge in [0.25, 0.3) is 0 Å². The molecule has 26 heavy (non-hydrogen) atoms. The van der Waals surface area contributed by atoms with Crippen LogP contribution in [0, 0.1) is 0 Å². The van der Waals surface area contributed by atoms with Crippen LogP contribution < -0.4 is 5.32 Å². The van der Waals surface area contributed by atoms with Gasteiger partial charge in [-0.2, -0.15) is 0 Å². The van der Waals surface area contributed by atoms with Crippen LogP contribution >= 0.6 is 24.0 Å². The molecule has 0 amide bonds. The first-order valence-corrected chi connectivity index (χ1v) is 9.54. The Morgan fingerprint density at radius 1 is 1.31 bits per heavy atom. The van der Waals surface area contributed by atoms with Crippen LogP contribution in [-0.4, -0.2) is 61.0 Å². The number of hydrogen-bond acceptors (Lipinski definition) is 3. The number of piperidine rings is 1. The highest BCUT2D eigenvalue weighted by molar-refractivity contribution is 14.0. The number of aliphatic imine (C=N–C) groups is 1. The maximum absolute atomic E-state index is 6.10. The Kier molecular flexibility index (Phi) is 9.21. The lowest BCUT2D eigenvalue weighted by atomic mass is 10.1. The third-order valence-electron chi connectivity index (χ3n) is 5.09.